The van der Waals surface area contributed by atoms with Gasteiger partial charge in [0.1, 0.15) is 11.9 Å². The summed E-state index contributed by atoms with van der Waals surface area (Å²) < 4.78 is 8.19. The number of nitrogens with zero attached hydrogens (tertiary/aromatic N) is 3. The molecule has 2 rings (SSSR count). The topological polar surface area (TPSA) is 65.4 Å². The van der Waals surface area contributed by atoms with Crippen LogP contribution >= 0.6 is 0 Å². The van der Waals surface area contributed by atoms with E-state index in [0.717, 1.165) is 49.9 Å². The summed E-state index contributed by atoms with van der Waals surface area (Å²) in [6, 6.07) is 0. The number of aliphatic imine (C=N–C) groups is 1. The van der Waals surface area contributed by atoms with Crippen LogP contribution in [0.25, 0.3) is 0 Å². The molecular weight excluding hydrogens is 276 g/mol. The SMILES string of the molecule is CCC/C=C/N=C(N)c1ncn(C2CCC(CCC)O2)c1C. The molecule has 1 aromatic heterocycles. The predicted octanol–water partition coefficient (Wildman–Crippen LogP) is 3.69. The summed E-state index contributed by atoms with van der Waals surface area (Å²) in [7, 11) is 0. The first-order valence-electron chi connectivity index (χ1n) is 8.34. The van der Waals surface area contributed by atoms with Crippen LogP contribution in [0, 0.1) is 6.92 Å². The highest BCUT2D eigenvalue weighted by atomic mass is 16.5. The van der Waals surface area contributed by atoms with E-state index in [1.165, 1.54) is 0 Å². The second kappa shape index (κ2) is 8.13. The molecule has 2 N–H and O–H groups in total. The van der Waals surface area contributed by atoms with Crippen LogP contribution < -0.4 is 5.73 Å². The van der Waals surface area contributed by atoms with Gasteiger partial charge in [-0.05, 0) is 32.6 Å². The Hall–Kier alpha value is -1.62. The van der Waals surface area contributed by atoms with Crippen LogP contribution in [-0.4, -0.2) is 21.5 Å². The molecule has 22 heavy (non-hydrogen) atoms. The van der Waals surface area contributed by atoms with Gasteiger partial charge >= 0.3 is 0 Å². The second-order valence-electron chi connectivity index (χ2n) is 5.85. The molecule has 0 spiro atoms. The Kier molecular flexibility index (Phi) is 6.19. The summed E-state index contributed by atoms with van der Waals surface area (Å²) in [5.41, 5.74) is 7.82. The molecule has 5 heteroatoms. The van der Waals surface area contributed by atoms with E-state index in [9.17, 15) is 0 Å². The summed E-state index contributed by atoms with van der Waals surface area (Å²) in [6.45, 7) is 6.36. The fourth-order valence-corrected chi connectivity index (χ4v) is 2.83. The number of amidine groups is 1. The van der Waals surface area contributed by atoms with Crippen molar-refractivity contribution in [2.24, 2.45) is 10.7 Å². The molecule has 1 aliphatic rings. The highest BCUT2D eigenvalue weighted by molar-refractivity contribution is 5.97. The first-order valence-corrected chi connectivity index (χ1v) is 8.34. The second-order valence-corrected chi connectivity index (χ2v) is 5.85. The molecule has 1 saturated heterocycles. The van der Waals surface area contributed by atoms with Crippen molar-refractivity contribution < 1.29 is 4.74 Å². The smallest absolute Gasteiger partial charge is 0.151 e. The molecule has 0 aliphatic carbocycles. The number of hydrogen-bond donors (Lipinski definition) is 1. The number of nitrogens with two attached hydrogens (primary N) is 1. The lowest BCUT2D eigenvalue weighted by Crippen LogP contribution is -2.16. The monoisotopic (exact) mass is 304 g/mol. The van der Waals surface area contributed by atoms with E-state index in [0.29, 0.717) is 11.9 Å². The van der Waals surface area contributed by atoms with Gasteiger partial charge in [-0.25, -0.2) is 9.98 Å². The Labute approximate surface area is 133 Å². The van der Waals surface area contributed by atoms with E-state index in [1.807, 2.05) is 19.3 Å². The third-order valence-corrected chi connectivity index (χ3v) is 4.06. The predicted molar refractivity (Wildman–Crippen MR) is 89.8 cm³/mol. The fraction of sp³-hybridized carbons (Fsp3) is 0.647. The van der Waals surface area contributed by atoms with Crippen LogP contribution in [0.3, 0.4) is 0 Å². The lowest BCUT2D eigenvalue weighted by molar-refractivity contribution is -0.00258. The lowest BCUT2D eigenvalue weighted by atomic mass is 10.1. The normalized spacial score (nSPS) is 22.8. The molecule has 2 heterocycles. The molecule has 2 unspecified atom stereocenters. The summed E-state index contributed by atoms with van der Waals surface area (Å²) in [5, 5.41) is 0. The highest BCUT2D eigenvalue weighted by Crippen LogP contribution is 2.31. The molecule has 0 radical (unpaired) electrons. The van der Waals surface area contributed by atoms with Crippen LogP contribution in [0.4, 0.5) is 0 Å². The quantitative estimate of drug-likeness (QED) is 0.617. The van der Waals surface area contributed by atoms with E-state index < -0.39 is 0 Å². The Balaban J connectivity index is 2.06. The molecule has 0 amide bonds. The Morgan fingerprint density at radius 3 is 3.00 bits per heavy atom. The average Bonchev–Trinajstić information content (AvgIpc) is 3.10. The van der Waals surface area contributed by atoms with Gasteiger partial charge in [0.05, 0.1) is 12.4 Å². The molecule has 1 aromatic rings. The van der Waals surface area contributed by atoms with Crippen LogP contribution in [0.5, 0.6) is 0 Å². The number of ether oxygens (including phenoxy) is 1. The van der Waals surface area contributed by atoms with Crippen molar-refractivity contribution in [2.75, 3.05) is 0 Å². The minimum atomic E-state index is 0.0845. The Morgan fingerprint density at radius 1 is 1.45 bits per heavy atom. The van der Waals surface area contributed by atoms with E-state index in [2.05, 4.69) is 28.4 Å². The third-order valence-electron chi connectivity index (χ3n) is 4.06. The summed E-state index contributed by atoms with van der Waals surface area (Å²) in [6.07, 6.45) is 12.6. The summed E-state index contributed by atoms with van der Waals surface area (Å²) in [4.78, 5) is 8.70. The van der Waals surface area contributed by atoms with Gasteiger partial charge in [-0.2, -0.15) is 0 Å². The molecule has 122 valence electrons. The molecule has 1 aliphatic heterocycles. The van der Waals surface area contributed by atoms with E-state index >= 15 is 0 Å². The number of rotatable bonds is 7. The highest BCUT2D eigenvalue weighted by Gasteiger charge is 2.27. The van der Waals surface area contributed by atoms with Crippen molar-refractivity contribution in [1.82, 2.24) is 9.55 Å². The van der Waals surface area contributed by atoms with Gasteiger partial charge in [0.15, 0.2) is 5.84 Å². The summed E-state index contributed by atoms with van der Waals surface area (Å²) in [5.74, 6) is 0.465. The molecule has 2 atom stereocenters. The Morgan fingerprint density at radius 2 is 2.27 bits per heavy atom. The van der Waals surface area contributed by atoms with Crippen molar-refractivity contribution in [3.05, 3.63) is 30.0 Å². The van der Waals surface area contributed by atoms with Gasteiger partial charge in [-0.1, -0.05) is 32.8 Å². The van der Waals surface area contributed by atoms with Gasteiger partial charge in [0.2, 0.25) is 0 Å². The maximum absolute atomic E-state index is 6.10. The zero-order chi connectivity index (χ0) is 15.9. The number of hydrogen-bond acceptors (Lipinski definition) is 3. The van der Waals surface area contributed by atoms with Gasteiger partial charge in [0, 0.05) is 11.9 Å². The Bertz CT molecular complexity index is 533. The van der Waals surface area contributed by atoms with Gasteiger partial charge in [-0.3, -0.25) is 0 Å². The minimum absolute atomic E-state index is 0.0845. The third kappa shape index (κ3) is 3.97. The number of allylic oxidation sites excluding steroid dienone is 1. The largest absolute Gasteiger partial charge is 0.382 e. The fourth-order valence-electron chi connectivity index (χ4n) is 2.83. The molecule has 0 aromatic carbocycles. The van der Waals surface area contributed by atoms with E-state index in [4.69, 9.17) is 10.5 Å². The maximum atomic E-state index is 6.10. The first kappa shape index (κ1) is 16.7. The first-order chi connectivity index (χ1) is 10.7. The average molecular weight is 304 g/mol. The lowest BCUT2D eigenvalue weighted by Gasteiger charge is -2.16. The van der Waals surface area contributed by atoms with Crippen molar-refractivity contribution in [1.29, 1.82) is 0 Å². The zero-order valence-corrected chi connectivity index (χ0v) is 14.0. The van der Waals surface area contributed by atoms with E-state index in [1.54, 1.807) is 6.20 Å². The molecule has 0 saturated carbocycles. The molecule has 1 fully saturated rings. The molecule has 5 nitrogen and oxygen atoms in total. The molecular formula is C17H28N4O. The van der Waals surface area contributed by atoms with Crippen molar-refractivity contribution in [3.63, 3.8) is 0 Å². The number of imidazole rings is 1. The van der Waals surface area contributed by atoms with Crippen LogP contribution in [0.1, 0.15) is 70.0 Å². The van der Waals surface area contributed by atoms with Crippen molar-refractivity contribution in [3.8, 4) is 0 Å². The van der Waals surface area contributed by atoms with Gasteiger partial charge in [0.25, 0.3) is 0 Å². The zero-order valence-electron chi connectivity index (χ0n) is 14.0. The summed E-state index contributed by atoms with van der Waals surface area (Å²) >= 11 is 0. The van der Waals surface area contributed by atoms with Crippen molar-refractivity contribution in [2.45, 2.75) is 71.6 Å². The van der Waals surface area contributed by atoms with Gasteiger partial charge in [-0.15, -0.1) is 0 Å². The maximum Gasteiger partial charge on any atom is 0.151 e. The van der Waals surface area contributed by atoms with E-state index in [-0.39, 0.29) is 6.23 Å². The minimum Gasteiger partial charge on any atom is -0.382 e. The van der Waals surface area contributed by atoms with Crippen LogP contribution in [-0.2, 0) is 4.74 Å². The number of aromatic nitrogens is 2. The van der Waals surface area contributed by atoms with Crippen molar-refractivity contribution >= 4 is 5.84 Å². The molecule has 0 bridgehead atoms. The van der Waals surface area contributed by atoms with Crippen LogP contribution in [0.15, 0.2) is 23.6 Å². The standard InChI is InChI=1S/C17H28N4O/c1-4-6-7-11-19-17(18)16-13(3)21(12-20-16)15-10-9-14(22-15)8-5-2/h7,11-12,14-15H,4-6,8-10H2,1-3H3,(H2,18,19)/b11-7+. The van der Waals surface area contributed by atoms with Crippen LogP contribution in [0.2, 0.25) is 0 Å². The number of unbranched alkanes of at least 4 members (excludes halogenated alkanes) is 1. The van der Waals surface area contributed by atoms with Gasteiger partial charge < -0.3 is 15.0 Å².